The normalized spacial score (nSPS) is 14.7. The summed E-state index contributed by atoms with van der Waals surface area (Å²) in [5.74, 6) is -0.350. The number of nitrogens with zero attached hydrogens (tertiary/aromatic N) is 2. The summed E-state index contributed by atoms with van der Waals surface area (Å²) < 4.78 is 34.0. The first-order valence-corrected chi connectivity index (χ1v) is 13.3. The van der Waals surface area contributed by atoms with E-state index in [0.29, 0.717) is 36.8 Å². The highest BCUT2D eigenvalue weighted by Crippen LogP contribution is 2.33. The van der Waals surface area contributed by atoms with E-state index in [0.717, 1.165) is 14.9 Å². The van der Waals surface area contributed by atoms with Crippen LogP contribution in [0.5, 0.6) is 0 Å². The molecule has 0 aliphatic carbocycles. The predicted molar refractivity (Wildman–Crippen MR) is 130 cm³/mol. The van der Waals surface area contributed by atoms with Gasteiger partial charge in [-0.3, -0.25) is 9.78 Å². The van der Waals surface area contributed by atoms with E-state index in [1.165, 1.54) is 22.1 Å². The van der Waals surface area contributed by atoms with Gasteiger partial charge >= 0.3 is 0 Å². The van der Waals surface area contributed by atoms with Crippen molar-refractivity contribution in [3.8, 4) is 0 Å². The Morgan fingerprint density at radius 3 is 2.58 bits per heavy atom. The third-order valence-corrected chi connectivity index (χ3v) is 8.53. The van der Waals surface area contributed by atoms with Gasteiger partial charge in [-0.25, -0.2) is 8.42 Å². The molecule has 0 saturated carbocycles. The van der Waals surface area contributed by atoms with Crippen molar-refractivity contribution in [2.75, 3.05) is 26.3 Å². The van der Waals surface area contributed by atoms with Crippen molar-refractivity contribution < 1.29 is 17.9 Å². The minimum Gasteiger partial charge on any atom is -0.379 e. The molecule has 1 aliphatic heterocycles. The van der Waals surface area contributed by atoms with Crippen molar-refractivity contribution >= 4 is 43.6 Å². The SMILES string of the molecule is O=C(NCc1cccnc1)c1cc(S(=O)(=O)N2CCOCC2)ccc1Sc1ccc(Br)cc1. The number of carbonyl (C=O) groups is 1. The molecule has 1 amide bonds. The van der Waals surface area contributed by atoms with Crippen molar-refractivity contribution in [2.45, 2.75) is 21.2 Å². The fourth-order valence-corrected chi connectivity index (χ4v) is 5.90. The zero-order valence-electron chi connectivity index (χ0n) is 17.6. The fraction of sp³-hybridized carbons (Fsp3) is 0.217. The topological polar surface area (TPSA) is 88.6 Å². The van der Waals surface area contributed by atoms with Crippen LogP contribution in [0.3, 0.4) is 0 Å². The molecule has 10 heteroatoms. The molecule has 0 atom stereocenters. The second kappa shape index (κ2) is 10.8. The largest absolute Gasteiger partial charge is 0.379 e. The molecule has 3 aromatic rings. The van der Waals surface area contributed by atoms with Gasteiger partial charge in [0.2, 0.25) is 10.0 Å². The number of morpholine rings is 1. The lowest BCUT2D eigenvalue weighted by Crippen LogP contribution is -2.40. The summed E-state index contributed by atoms with van der Waals surface area (Å²) in [4.78, 5) is 18.9. The van der Waals surface area contributed by atoms with Crippen molar-refractivity contribution in [1.82, 2.24) is 14.6 Å². The number of ether oxygens (including phenoxy) is 1. The number of pyridine rings is 1. The molecule has 7 nitrogen and oxygen atoms in total. The molecule has 1 fully saturated rings. The molecule has 172 valence electrons. The van der Waals surface area contributed by atoms with Crippen LogP contribution in [0.15, 0.2) is 86.2 Å². The average Bonchev–Trinajstić information content (AvgIpc) is 2.85. The Bertz CT molecular complexity index is 1220. The number of hydrogen-bond donors (Lipinski definition) is 1. The molecule has 1 saturated heterocycles. The molecule has 1 aromatic heterocycles. The number of hydrogen-bond acceptors (Lipinski definition) is 6. The van der Waals surface area contributed by atoms with E-state index in [4.69, 9.17) is 4.74 Å². The van der Waals surface area contributed by atoms with Crippen molar-refractivity contribution in [2.24, 2.45) is 0 Å². The maximum Gasteiger partial charge on any atom is 0.252 e. The molecule has 2 heterocycles. The van der Waals surface area contributed by atoms with Crippen LogP contribution in [0.4, 0.5) is 0 Å². The third kappa shape index (κ3) is 6.01. The van der Waals surface area contributed by atoms with E-state index in [1.807, 2.05) is 30.3 Å². The first-order valence-electron chi connectivity index (χ1n) is 10.3. The number of nitrogens with one attached hydrogen (secondary N) is 1. The molecule has 1 N–H and O–H groups in total. The molecule has 33 heavy (non-hydrogen) atoms. The number of amides is 1. The van der Waals surface area contributed by atoms with Crippen LogP contribution in [0.1, 0.15) is 15.9 Å². The monoisotopic (exact) mass is 547 g/mol. The summed E-state index contributed by atoms with van der Waals surface area (Å²) in [7, 11) is -3.73. The van der Waals surface area contributed by atoms with Gasteiger partial charge in [0.25, 0.3) is 5.91 Å². The summed E-state index contributed by atoms with van der Waals surface area (Å²) in [6, 6.07) is 16.1. The van der Waals surface area contributed by atoms with Crippen LogP contribution in [0, 0.1) is 0 Å². The standard InChI is InChI=1S/C23H22BrN3O4S2/c24-18-3-5-19(6-4-18)32-22-8-7-20(33(29,30)27-10-12-31-13-11-27)14-21(22)23(28)26-16-17-2-1-9-25-15-17/h1-9,14-15H,10-13,16H2,(H,26,28). The summed E-state index contributed by atoms with van der Waals surface area (Å²) in [6.45, 7) is 1.58. The highest BCUT2D eigenvalue weighted by molar-refractivity contribution is 9.10. The highest BCUT2D eigenvalue weighted by Gasteiger charge is 2.28. The Morgan fingerprint density at radius 1 is 1.12 bits per heavy atom. The zero-order valence-corrected chi connectivity index (χ0v) is 20.8. The van der Waals surface area contributed by atoms with E-state index in [-0.39, 0.29) is 17.3 Å². The smallest absolute Gasteiger partial charge is 0.252 e. The molecule has 0 unspecified atom stereocenters. The summed E-state index contributed by atoms with van der Waals surface area (Å²) >= 11 is 4.83. The van der Waals surface area contributed by atoms with Crippen LogP contribution < -0.4 is 5.32 Å². The van der Waals surface area contributed by atoms with E-state index < -0.39 is 10.0 Å². The average molecular weight is 548 g/mol. The summed E-state index contributed by atoms with van der Waals surface area (Å²) in [5, 5.41) is 2.88. The molecule has 0 bridgehead atoms. The lowest BCUT2D eigenvalue weighted by molar-refractivity contribution is 0.0730. The Morgan fingerprint density at radius 2 is 1.88 bits per heavy atom. The lowest BCUT2D eigenvalue weighted by Gasteiger charge is -2.26. The maximum absolute atomic E-state index is 13.2. The first kappa shape index (κ1) is 23.9. The Kier molecular flexibility index (Phi) is 7.82. The predicted octanol–water partition coefficient (Wildman–Crippen LogP) is 3.95. The van der Waals surface area contributed by atoms with Crippen LogP contribution >= 0.6 is 27.7 Å². The van der Waals surface area contributed by atoms with Gasteiger partial charge in [0.05, 0.1) is 23.7 Å². The number of carbonyl (C=O) groups excluding carboxylic acids is 1. The number of sulfonamides is 1. The molecule has 0 radical (unpaired) electrons. The number of aromatic nitrogens is 1. The van der Waals surface area contributed by atoms with E-state index in [9.17, 15) is 13.2 Å². The second-order valence-electron chi connectivity index (χ2n) is 7.27. The van der Waals surface area contributed by atoms with Gasteiger partial charge in [0.15, 0.2) is 0 Å². The molecular formula is C23H22BrN3O4S2. The molecule has 2 aromatic carbocycles. The zero-order chi connectivity index (χ0) is 23.3. The molecule has 1 aliphatic rings. The van der Waals surface area contributed by atoms with Gasteiger partial charge in [0, 0.05) is 46.3 Å². The van der Waals surface area contributed by atoms with Crippen LogP contribution in [-0.4, -0.2) is 49.9 Å². The van der Waals surface area contributed by atoms with E-state index in [1.54, 1.807) is 30.6 Å². The minimum absolute atomic E-state index is 0.0936. The third-order valence-electron chi connectivity index (χ3n) is 5.02. The maximum atomic E-state index is 13.2. The lowest BCUT2D eigenvalue weighted by atomic mass is 10.2. The fourth-order valence-electron chi connectivity index (χ4n) is 3.28. The highest BCUT2D eigenvalue weighted by atomic mass is 79.9. The number of benzene rings is 2. The van der Waals surface area contributed by atoms with Gasteiger partial charge in [-0.2, -0.15) is 4.31 Å². The Labute approximate surface area is 205 Å². The molecule has 4 rings (SSSR count). The van der Waals surface area contributed by atoms with Crippen LogP contribution in [0.25, 0.3) is 0 Å². The van der Waals surface area contributed by atoms with Gasteiger partial charge in [-0.15, -0.1) is 0 Å². The molecular weight excluding hydrogens is 526 g/mol. The minimum atomic E-state index is -3.73. The first-order chi connectivity index (χ1) is 15.9. The number of rotatable bonds is 7. The van der Waals surface area contributed by atoms with Gasteiger partial charge in [0.1, 0.15) is 0 Å². The quantitative estimate of drug-likeness (QED) is 0.481. The van der Waals surface area contributed by atoms with Gasteiger partial charge < -0.3 is 10.1 Å². The van der Waals surface area contributed by atoms with Gasteiger partial charge in [-0.1, -0.05) is 33.8 Å². The van der Waals surface area contributed by atoms with Gasteiger partial charge in [-0.05, 0) is 54.1 Å². The van der Waals surface area contributed by atoms with Crippen molar-refractivity contribution in [3.05, 3.63) is 82.6 Å². The number of halogens is 1. The molecule has 0 spiro atoms. The van der Waals surface area contributed by atoms with Crippen LogP contribution in [0.2, 0.25) is 0 Å². The van der Waals surface area contributed by atoms with Crippen molar-refractivity contribution in [3.63, 3.8) is 0 Å². The van der Waals surface area contributed by atoms with Crippen molar-refractivity contribution in [1.29, 1.82) is 0 Å². The Balaban J connectivity index is 1.65. The summed E-state index contributed by atoms with van der Waals surface area (Å²) in [5.41, 5.74) is 1.16. The Hall–Kier alpha value is -2.24. The summed E-state index contributed by atoms with van der Waals surface area (Å²) in [6.07, 6.45) is 3.34. The van der Waals surface area contributed by atoms with E-state index in [2.05, 4.69) is 26.2 Å². The second-order valence-corrected chi connectivity index (χ2v) is 11.2. The van der Waals surface area contributed by atoms with E-state index >= 15 is 0 Å². The van der Waals surface area contributed by atoms with Crippen LogP contribution in [-0.2, 0) is 21.3 Å².